The summed E-state index contributed by atoms with van der Waals surface area (Å²) in [7, 11) is 2.13. The molecule has 3 unspecified atom stereocenters. The Labute approximate surface area is 222 Å². The molecular weight excluding hydrogens is 493 g/mol. The Morgan fingerprint density at radius 3 is 2.39 bits per heavy atom. The summed E-state index contributed by atoms with van der Waals surface area (Å²) in [5.41, 5.74) is 6.38. The molecule has 2 aromatic rings. The van der Waals surface area contributed by atoms with Gasteiger partial charge in [0, 0.05) is 38.1 Å². The maximum atomic E-state index is 14.2. The number of hydrogen-bond acceptors (Lipinski definition) is 5. The van der Waals surface area contributed by atoms with Crippen molar-refractivity contribution >= 4 is 5.52 Å². The van der Waals surface area contributed by atoms with Crippen LogP contribution in [-0.4, -0.2) is 51.7 Å². The lowest BCUT2D eigenvalue weighted by Gasteiger charge is -2.46. The first-order valence-electron chi connectivity index (χ1n) is 14.2. The topological polar surface area (TPSA) is 56.9 Å². The third-order valence-corrected chi connectivity index (χ3v) is 9.60. The van der Waals surface area contributed by atoms with Crippen LogP contribution in [0, 0.1) is 23.2 Å². The van der Waals surface area contributed by atoms with E-state index in [9.17, 15) is 18.0 Å². The lowest BCUT2D eigenvalue weighted by molar-refractivity contribution is -0.136. The fourth-order valence-electron chi connectivity index (χ4n) is 7.77. The molecule has 10 heteroatoms. The third kappa shape index (κ3) is 4.82. The Hall–Kier alpha value is -1.88. The van der Waals surface area contributed by atoms with Gasteiger partial charge < -0.3 is 0 Å². The van der Waals surface area contributed by atoms with E-state index in [0.29, 0.717) is 29.9 Å². The fourth-order valence-corrected chi connectivity index (χ4v) is 7.77. The van der Waals surface area contributed by atoms with E-state index in [0.717, 1.165) is 45.4 Å². The van der Waals surface area contributed by atoms with Crippen LogP contribution in [0.5, 0.6) is 0 Å². The predicted octanol–water partition coefficient (Wildman–Crippen LogP) is 4.43. The number of halogens is 3. The third-order valence-electron chi connectivity index (χ3n) is 9.60. The summed E-state index contributed by atoms with van der Waals surface area (Å²) < 4.78 is 45.5. The van der Waals surface area contributed by atoms with E-state index in [1.54, 1.807) is 10.8 Å². The highest BCUT2D eigenvalue weighted by atomic mass is 19.4. The van der Waals surface area contributed by atoms with E-state index in [2.05, 4.69) is 41.5 Å². The van der Waals surface area contributed by atoms with E-state index >= 15 is 0 Å². The van der Waals surface area contributed by atoms with Crippen LogP contribution in [0.2, 0.25) is 0 Å². The summed E-state index contributed by atoms with van der Waals surface area (Å²) in [5.74, 6) is 1.56. The molecule has 210 valence electrons. The van der Waals surface area contributed by atoms with Crippen LogP contribution >= 0.6 is 0 Å². The minimum Gasteiger partial charge on any atom is -0.298 e. The van der Waals surface area contributed by atoms with Crippen molar-refractivity contribution in [2.75, 3.05) is 26.8 Å². The number of nitrogens with zero attached hydrogens (tertiary/aromatic N) is 4. The van der Waals surface area contributed by atoms with Crippen molar-refractivity contribution in [1.82, 2.24) is 29.6 Å². The second-order valence-corrected chi connectivity index (χ2v) is 13.2. The highest BCUT2D eigenvalue weighted by Gasteiger charge is 2.44. The monoisotopic (exact) mass is 534 g/mol. The average Bonchev–Trinajstić information content (AvgIpc) is 3.37. The van der Waals surface area contributed by atoms with Gasteiger partial charge in [-0.25, -0.2) is 15.6 Å². The summed E-state index contributed by atoms with van der Waals surface area (Å²) in [4.78, 5) is 18.1. The highest BCUT2D eigenvalue weighted by Crippen LogP contribution is 2.47. The van der Waals surface area contributed by atoms with Gasteiger partial charge in [-0.2, -0.15) is 13.2 Å². The lowest BCUT2D eigenvalue weighted by Crippen LogP contribution is -2.52. The van der Waals surface area contributed by atoms with Gasteiger partial charge in [-0.15, -0.1) is 0 Å². The lowest BCUT2D eigenvalue weighted by atomic mass is 9.65. The van der Waals surface area contributed by atoms with Gasteiger partial charge in [0.1, 0.15) is 0 Å². The molecule has 0 bridgehead atoms. The maximum absolute atomic E-state index is 14.2. The maximum Gasteiger partial charge on any atom is 0.418 e. The number of aromatic nitrogens is 2. The van der Waals surface area contributed by atoms with Crippen molar-refractivity contribution in [1.29, 1.82) is 0 Å². The number of hydrogen-bond donors (Lipinski definition) is 2. The first kappa shape index (κ1) is 26.3. The molecule has 4 heterocycles. The average molecular weight is 535 g/mol. The Balaban J connectivity index is 1.30. The van der Waals surface area contributed by atoms with E-state index in [1.165, 1.54) is 35.9 Å². The van der Waals surface area contributed by atoms with Crippen LogP contribution in [0.3, 0.4) is 0 Å². The van der Waals surface area contributed by atoms with Gasteiger partial charge in [-0.05, 0) is 61.1 Å². The largest absolute Gasteiger partial charge is 0.418 e. The summed E-state index contributed by atoms with van der Waals surface area (Å²) >= 11 is 0. The molecule has 4 fully saturated rings. The molecule has 0 amide bonds. The first-order valence-corrected chi connectivity index (χ1v) is 14.2. The fraction of sp³-hybridized carbons (Fsp3) is 0.750. The quantitative estimate of drug-likeness (QED) is 0.574. The van der Waals surface area contributed by atoms with E-state index < -0.39 is 11.7 Å². The van der Waals surface area contributed by atoms with Crippen molar-refractivity contribution in [2.45, 2.75) is 83.7 Å². The highest BCUT2D eigenvalue weighted by molar-refractivity contribution is 5.56. The Morgan fingerprint density at radius 2 is 1.79 bits per heavy atom. The van der Waals surface area contributed by atoms with Crippen LogP contribution in [0.25, 0.3) is 5.52 Å². The summed E-state index contributed by atoms with van der Waals surface area (Å²) in [6.07, 6.45) is 6.34. The smallest absolute Gasteiger partial charge is 0.298 e. The van der Waals surface area contributed by atoms with E-state index in [1.807, 2.05) is 0 Å². The standard InChI is InChI=1S/C28H41F3N6O/c1-27(2)15-35(16-27)12-18-10-22(28(29,30)31)23-14-36(26(38)37(23)13-18)21-9-5-8-20(11-21)24(19-6-4-7-19)25-33-32-17-34(25)3/h10,13-14,19-21,24-25,32-33H,4-9,11-12,15-17H2,1-3H3/t20?,21?,24-,25?/m1/s1. The van der Waals surface area contributed by atoms with Gasteiger partial charge in [0.15, 0.2) is 0 Å². The second kappa shape index (κ2) is 9.64. The van der Waals surface area contributed by atoms with Gasteiger partial charge >= 0.3 is 11.9 Å². The molecule has 2 aromatic heterocycles. The zero-order valence-electron chi connectivity index (χ0n) is 22.7. The van der Waals surface area contributed by atoms with Crippen LogP contribution in [0.4, 0.5) is 13.2 Å². The van der Waals surface area contributed by atoms with Gasteiger partial charge in [0.05, 0.1) is 23.9 Å². The molecule has 0 radical (unpaired) electrons. The SMILES string of the molecule is CN1CNNC1[C@H](C1CCC1)C1CCCC(n2cc3c(C(F)(F)F)cc(CN4CC(C)(C)C4)cn3c2=O)C1. The second-order valence-electron chi connectivity index (χ2n) is 13.2. The summed E-state index contributed by atoms with van der Waals surface area (Å²) in [6.45, 7) is 7.21. The molecule has 2 saturated heterocycles. The zero-order valence-corrected chi connectivity index (χ0v) is 22.7. The molecule has 6 rings (SSSR count). The molecule has 2 saturated carbocycles. The molecule has 38 heavy (non-hydrogen) atoms. The number of fused-ring (bicyclic) bond motifs is 1. The van der Waals surface area contributed by atoms with Crippen molar-refractivity contribution in [3.63, 3.8) is 0 Å². The first-order chi connectivity index (χ1) is 18.0. The van der Waals surface area contributed by atoms with Crippen molar-refractivity contribution in [3.05, 3.63) is 40.1 Å². The van der Waals surface area contributed by atoms with E-state index in [4.69, 9.17) is 0 Å². The molecule has 7 nitrogen and oxygen atoms in total. The molecule has 0 aromatic carbocycles. The molecule has 2 aliphatic carbocycles. The van der Waals surface area contributed by atoms with Crippen molar-refractivity contribution in [2.24, 2.45) is 23.2 Å². The van der Waals surface area contributed by atoms with Crippen LogP contribution in [-0.2, 0) is 12.7 Å². The summed E-state index contributed by atoms with van der Waals surface area (Å²) in [6, 6.07) is 1.17. The zero-order chi connectivity index (χ0) is 26.8. The van der Waals surface area contributed by atoms with Crippen LogP contribution in [0.1, 0.15) is 76.0 Å². The van der Waals surface area contributed by atoms with E-state index in [-0.39, 0.29) is 28.8 Å². The number of alkyl halides is 3. The minimum absolute atomic E-state index is 0.0331. The molecule has 2 N–H and O–H groups in total. The molecule has 4 atom stereocenters. The molecule has 2 aliphatic heterocycles. The van der Waals surface area contributed by atoms with Crippen molar-refractivity contribution < 1.29 is 13.2 Å². The van der Waals surface area contributed by atoms with Gasteiger partial charge in [-0.1, -0.05) is 39.5 Å². The number of nitrogens with one attached hydrogen (secondary N) is 2. The van der Waals surface area contributed by atoms with Crippen LogP contribution in [0.15, 0.2) is 23.3 Å². The Bertz CT molecular complexity index is 1220. The van der Waals surface area contributed by atoms with Gasteiger partial charge in [0.2, 0.25) is 0 Å². The number of rotatable bonds is 6. The molecular formula is C28H41F3N6O. The number of pyridine rings is 1. The molecule has 0 spiro atoms. The summed E-state index contributed by atoms with van der Waals surface area (Å²) in [5, 5.41) is 0. The van der Waals surface area contributed by atoms with Gasteiger partial charge in [0.25, 0.3) is 0 Å². The van der Waals surface area contributed by atoms with Crippen LogP contribution < -0.4 is 16.5 Å². The molecule has 4 aliphatic rings. The minimum atomic E-state index is -4.52. The normalized spacial score (nSPS) is 29.9. The number of hydrazine groups is 1. The Kier molecular flexibility index (Phi) is 6.69. The number of likely N-dealkylation sites (tertiary alicyclic amines) is 1. The van der Waals surface area contributed by atoms with Gasteiger partial charge in [-0.3, -0.25) is 18.8 Å². The Morgan fingerprint density at radius 1 is 1.08 bits per heavy atom. The predicted molar refractivity (Wildman–Crippen MR) is 140 cm³/mol. The van der Waals surface area contributed by atoms with Crippen molar-refractivity contribution in [3.8, 4) is 0 Å². The number of imidazole rings is 1.